The lowest BCUT2D eigenvalue weighted by Gasteiger charge is -2.37. The minimum Gasteiger partial charge on any atom is -0.488 e. The van der Waals surface area contributed by atoms with Gasteiger partial charge < -0.3 is 10.1 Å². The molecule has 184 valence electrons. The number of aryl methyl sites for hydroxylation is 1. The summed E-state index contributed by atoms with van der Waals surface area (Å²) >= 11 is 6.29. The van der Waals surface area contributed by atoms with Crippen LogP contribution in [-0.2, 0) is 6.61 Å². The van der Waals surface area contributed by atoms with Crippen molar-refractivity contribution in [1.82, 2.24) is 0 Å². The summed E-state index contributed by atoms with van der Waals surface area (Å²) in [7, 11) is 0. The van der Waals surface area contributed by atoms with Crippen molar-refractivity contribution < 1.29 is 4.74 Å². The van der Waals surface area contributed by atoms with Crippen LogP contribution >= 0.6 is 11.6 Å². The van der Waals surface area contributed by atoms with Gasteiger partial charge in [-0.1, -0.05) is 83.9 Å². The molecule has 1 N–H and O–H groups in total. The lowest BCUT2D eigenvalue weighted by atomic mass is 9.77. The molecule has 0 saturated heterocycles. The van der Waals surface area contributed by atoms with E-state index in [9.17, 15) is 0 Å². The van der Waals surface area contributed by atoms with Crippen molar-refractivity contribution in [1.29, 1.82) is 0 Å². The van der Waals surface area contributed by atoms with E-state index >= 15 is 0 Å². The van der Waals surface area contributed by atoms with E-state index < -0.39 is 0 Å². The molecule has 3 atom stereocenters. The number of anilines is 1. The number of hydrogen-bond acceptors (Lipinski definition) is 3. The Morgan fingerprint density at radius 2 is 1.78 bits per heavy atom. The van der Waals surface area contributed by atoms with Gasteiger partial charge in [-0.15, -0.1) is 0 Å². The summed E-state index contributed by atoms with van der Waals surface area (Å²) in [6.07, 6.45) is 7.63. The zero-order valence-corrected chi connectivity index (χ0v) is 21.5. The Balaban J connectivity index is 1.18. The molecule has 1 aliphatic carbocycles. The summed E-state index contributed by atoms with van der Waals surface area (Å²) in [5.41, 5.74) is 8.04. The van der Waals surface area contributed by atoms with E-state index in [2.05, 4.69) is 97.2 Å². The zero-order valence-electron chi connectivity index (χ0n) is 20.8. The van der Waals surface area contributed by atoms with Crippen LogP contribution in [0.15, 0.2) is 108 Å². The average molecular weight is 505 g/mol. The molecular weight excluding hydrogens is 476 g/mol. The fourth-order valence-electron chi connectivity index (χ4n) is 5.38. The predicted octanol–water partition coefficient (Wildman–Crippen LogP) is 8.80. The number of allylic oxidation sites excluding steroid dienone is 2. The normalized spacial score (nSPS) is 19.9. The molecule has 0 spiro atoms. The molecule has 37 heavy (non-hydrogen) atoms. The van der Waals surface area contributed by atoms with Crippen LogP contribution in [0, 0.1) is 12.8 Å². The number of halogens is 1. The fraction of sp³-hybridized carbons (Fsp3) is 0.182. The largest absolute Gasteiger partial charge is 0.488 e. The van der Waals surface area contributed by atoms with E-state index in [1.807, 2.05) is 24.4 Å². The number of aliphatic imine (C=N–C) groups is 1. The van der Waals surface area contributed by atoms with Gasteiger partial charge in [-0.05, 0) is 72.4 Å². The monoisotopic (exact) mass is 504 g/mol. The number of fused-ring (bicyclic) bond motifs is 3. The number of nitrogens with zero attached hydrogens (tertiary/aromatic N) is 1. The van der Waals surface area contributed by atoms with Gasteiger partial charge in [0.05, 0.1) is 11.7 Å². The molecule has 0 amide bonds. The first-order valence-electron chi connectivity index (χ1n) is 12.8. The van der Waals surface area contributed by atoms with Crippen LogP contribution in [-0.4, -0.2) is 6.21 Å². The molecule has 0 fully saturated rings. The highest BCUT2D eigenvalue weighted by Crippen LogP contribution is 2.49. The minimum atomic E-state index is 0.280. The van der Waals surface area contributed by atoms with Crippen molar-refractivity contribution in [3.63, 3.8) is 0 Å². The summed E-state index contributed by atoms with van der Waals surface area (Å²) in [6, 6.07) is 31.5. The Bertz CT molecular complexity index is 1460. The van der Waals surface area contributed by atoms with Crippen molar-refractivity contribution >= 4 is 29.2 Å². The number of para-hydroxylation sites is 1. The summed E-state index contributed by atoms with van der Waals surface area (Å²) in [5, 5.41) is 4.45. The van der Waals surface area contributed by atoms with Crippen molar-refractivity contribution in [2.45, 2.75) is 31.9 Å². The maximum atomic E-state index is 6.29. The smallest absolute Gasteiger partial charge is 0.128 e. The van der Waals surface area contributed by atoms with E-state index in [0.29, 0.717) is 23.5 Å². The first kappa shape index (κ1) is 23.6. The minimum absolute atomic E-state index is 0.280. The SMILES string of the molecule is Cc1ccc(COc2ccc(Cl)cc2C=Nc2ccc([C@@H]3Nc4ccccc4[C@H]4C=CC[C@@H]43)cc2)cc1. The number of benzene rings is 4. The third-order valence-corrected chi connectivity index (χ3v) is 7.60. The maximum absolute atomic E-state index is 6.29. The molecule has 3 nitrogen and oxygen atoms in total. The molecule has 0 radical (unpaired) electrons. The molecule has 0 saturated carbocycles. The maximum Gasteiger partial charge on any atom is 0.128 e. The van der Waals surface area contributed by atoms with Crippen LogP contribution in [0.25, 0.3) is 0 Å². The number of nitrogens with one attached hydrogen (secondary N) is 1. The molecule has 4 aromatic rings. The summed E-state index contributed by atoms with van der Waals surface area (Å²) < 4.78 is 6.11. The van der Waals surface area contributed by atoms with E-state index in [1.165, 1.54) is 22.4 Å². The molecule has 0 bridgehead atoms. The van der Waals surface area contributed by atoms with Gasteiger partial charge in [0.15, 0.2) is 0 Å². The second-order valence-corrected chi connectivity index (χ2v) is 10.3. The van der Waals surface area contributed by atoms with Gasteiger partial charge in [0, 0.05) is 28.4 Å². The van der Waals surface area contributed by atoms with Gasteiger partial charge >= 0.3 is 0 Å². The lowest BCUT2D eigenvalue weighted by Crippen LogP contribution is -2.28. The molecule has 1 aliphatic heterocycles. The van der Waals surface area contributed by atoms with Crippen LogP contribution in [0.1, 0.15) is 46.2 Å². The second kappa shape index (κ2) is 10.3. The highest BCUT2D eigenvalue weighted by molar-refractivity contribution is 6.30. The summed E-state index contributed by atoms with van der Waals surface area (Å²) in [4.78, 5) is 4.74. The predicted molar refractivity (Wildman–Crippen MR) is 153 cm³/mol. The quantitative estimate of drug-likeness (QED) is 0.210. The Morgan fingerprint density at radius 1 is 0.973 bits per heavy atom. The fourth-order valence-corrected chi connectivity index (χ4v) is 5.56. The Labute approximate surface area is 223 Å². The van der Waals surface area contributed by atoms with Crippen LogP contribution in [0.5, 0.6) is 5.75 Å². The van der Waals surface area contributed by atoms with Crippen LogP contribution in [0.2, 0.25) is 5.02 Å². The van der Waals surface area contributed by atoms with Gasteiger partial charge in [0.2, 0.25) is 0 Å². The first-order valence-corrected chi connectivity index (χ1v) is 13.2. The highest BCUT2D eigenvalue weighted by Gasteiger charge is 2.37. The summed E-state index contributed by atoms with van der Waals surface area (Å²) in [6.45, 7) is 2.57. The van der Waals surface area contributed by atoms with Crippen molar-refractivity contribution in [2.24, 2.45) is 10.9 Å². The number of ether oxygens (including phenoxy) is 1. The third-order valence-electron chi connectivity index (χ3n) is 7.36. The molecule has 1 heterocycles. The topological polar surface area (TPSA) is 33.6 Å². The summed E-state index contributed by atoms with van der Waals surface area (Å²) in [5.74, 6) is 1.76. The molecule has 4 aromatic carbocycles. The zero-order chi connectivity index (χ0) is 25.2. The van der Waals surface area contributed by atoms with Crippen LogP contribution < -0.4 is 10.1 Å². The first-order chi connectivity index (χ1) is 18.1. The van der Waals surface area contributed by atoms with E-state index in [1.54, 1.807) is 0 Å². The van der Waals surface area contributed by atoms with Crippen LogP contribution in [0.3, 0.4) is 0 Å². The second-order valence-electron chi connectivity index (χ2n) is 9.87. The highest BCUT2D eigenvalue weighted by atomic mass is 35.5. The van der Waals surface area contributed by atoms with E-state index in [0.717, 1.165) is 29.0 Å². The molecule has 2 aliphatic rings. The molecule has 6 rings (SSSR count). The van der Waals surface area contributed by atoms with E-state index in [-0.39, 0.29) is 6.04 Å². The third kappa shape index (κ3) is 5.05. The number of hydrogen-bond donors (Lipinski definition) is 1. The van der Waals surface area contributed by atoms with Gasteiger partial charge in [-0.2, -0.15) is 0 Å². The van der Waals surface area contributed by atoms with E-state index in [4.69, 9.17) is 21.3 Å². The van der Waals surface area contributed by atoms with Crippen molar-refractivity contribution in [3.05, 3.63) is 136 Å². The molecule has 4 heteroatoms. The Kier molecular flexibility index (Phi) is 6.55. The van der Waals surface area contributed by atoms with Gasteiger partial charge in [0.1, 0.15) is 12.4 Å². The average Bonchev–Trinajstić information content (AvgIpc) is 3.43. The Morgan fingerprint density at radius 3 is 2.62 bits per heavy atom. The van der Waals surface area contributed by atoms with Gasteiger partial charge in [-0.25, -0.2) is 0 Å². The molecular formula is C33H29ClN2O. The van der Waals surface area contributed by atoms with Gasteiger partial charge in [0.25, 0.3) is 0 Å². The molecule has 0 unspecified atom stereocenters. The lowest BCUT2D eigenvalue weighted by molar-refractivity contribution is 0.306. The number of rotatable bonds is 6. The van der Waals surface area contributed by atoms with Crippen LogP contribution in [0.4, 0.5) is 11.4 Å². The van der Waals surface area contributed by atoms with Crippen molar-refractivity contribution in [2.75, 3.05) is 5.32 Å². The van der Waals surface area contributed by atoms with Gasteiger partial charge in [-0.3, -0.25) is 4.99 Å². The molecule has 0 aromatic heterocycles. The van der Waals surface area contributed by atoms with Crippen molar-refractivity contribution in [3.8, 4) is 5.75 Å². The Hall–Kier alpha value is -3.82. The standard InChI is InChI=1S/C33H29ClN2O/c1-22-9-11-23(12-10-22)21-37-32-18-15-26(34)19-25(32)20-35-27-16-13-24(14-17-27)33-30-7-4-6-28(30)29-5-2-3-8-31(29)36-33/h2-6,8-20,28,30,33,36H,7,21H2,1H3/t28-,30+,33+/m1/s1.